The highest BCUT2D eigenvalue weighted by Crippen LogP contribution is 2.05. The fourth-order valence-electron chi connectivity index (χ4n) is 0.835. The van der Waals surface area contributed by atoms with Crippen LogP contribution in [0.5, 0.6) is 0 Å². The van der Waals surface area contributed by atoms with Gasteiger partial charge in [-0.15, -0.1) is 6.42 Å². The van der Waals surface area contributed by atoms with Crippen molar-refractivity contribution in [1.82, 2.24) is 5.32 Å². The molecule has 0 rings (SSSR count). The minimum Gasteiger partial charge on any atom is -0.479 e. The Bertz CT molecular complexity index is 304. The number of carboxylic acid groups (broad SMARTS) is 1. The Hall–Kier alpha value is -1.80. The van der Waals surface area contributed by atoms with Crippen molar-refractivity contribution < 1.29 is 14.7 Å². The molecule has 0 heterocycles. The van der Waals surface area contributed by atoms with E-state index >= 15 is 0 Å². The second-order valence-electron chi connectivity index (χ2n) is 2.58. The van der Waals surface area contributed by atoms with E-state index in [-0.39, 0.29) is 6.54 Å². The van der Waals surface area contributed by atoms with Crippen molar-refractivity contribution in [2.75, 3.05) is 6.54 Å². The zero-order valence-corrected chi connectivity index (χ0v) is 7.78. The molecule has 0 aliphatic rings. The highest BCUT2D eigenvalue weighted by molar-refractivity contribution is 5.91. The molecule has 5 heteroatoms. The van der Waals surface area contributed by atoms with E-state index in [0.717, 1.165) is 0 Å². The zero-order valence-electron chi connectivity index (χ0n) is 7.78. The van der Waals surface area contributed by atoms with Crippen LogP contribution in [0.15, 0.2) is 12.2 Å². The summed E-state index contributed by atoms with van der Waals surface area (Å²) in [6, 6.07) is 0. The molecule has 0 saturated heterocycles. The third kappa shape index (κ3) is 2.92. The van der Waals surface area contributed by atoms with Crippen LogP contribution in [0.3, 0.4) is 0 Å². The molecule has 0 spiro atoms. The van der Waals surface area contributed by atoms with Crippen LogP contribution in [0, 0.1) is 12.3 Å². The van der Waals surface area contributed by atoms with Gasteiger partial charge in [0.15, 0.2) is 0 Å². The lowest BCUT2D eigenvalue weighted by Crippen LogP contribution is -2.51. The van der Waals surface area contributed by atoms with E-state index in [1.807, 2.05) is 5.92 Å². The van der Waals surface area contributed by atoms with E-state index in [0.29, 0.717) is 0 Å². The third-order valence-electron chi connectivity index (χ3n) is 1.44. The second kappa shape index (κ2) is 5.04. The van der Waals surface area contributed by atoms with Gasteiger partial charge in [-0.1, -0.05) is 12.0 Å². The van der Waals surface area contributed by atoms with Crippen LogP contribution in [0.25, 0.3) is 0 Å². The Balaban J connectivity index is 5.01. The monoisotopic (exact) mass is 196 g/mol. The number of carbonyl (C=O) groups excluding carboxylic acids is 1. The Morgan fingerprint density at radius 3 is 2.57 bits per heavy atom. The maximum Gasteiger partial charge on any atom is 0.346 e. The van der Waals surface area contributed by atoms with Gasteiger partial charge in [-0.25, -0.2) is 4.79 Å². The van der Waals surface area contributed by atoms with Crippen LogP contribution >= 0.6 is 0 Å². The van der Waals surface area contributed by atoms with Gasteiger partial charge < -0.3 is 16.2 Å². The molecule has 76 valence electrons. The van der Waals surface area contributed by atoms with Crippen molar-refractivity contribution in [3.63, 3.8) is 0 Å². The first kappa shape index (κ1) is 12.2. The Morgan fingerprint density at radius 2 is 2.29 bits per heavy atom. The molecular formula is C9H12N2O3. The highest BCUT2D eigenvalue weighted by Gasteiger charge is 2.34. The van der Waals surface area contributed by atoms with Gasteiger partial charge >= 0.3 is 5.97 Å². The van der Waals surface area contributed by atoms with Crippen molar-refractivity contribution in [2.24, 2.45) is 5.73 Å². The second-order valence-corrected chi connectivity index (χ2v) is 2.58. The van der Waals surface area contributed by atoms with E-state index < -0.39 is 17.4 Å². The standard InChI is InChI=1S/C9H12N2O3/c1-3-9(8(13)14,5-4-6-10)11-7(2)12/h1,4-5H,6,10H2,2H3,(H,11,12)(H,13,14). The minimum absolute atomic E-state index is 0.149. The van der Waals surface area contributed by atoms with Crippen LogP contribution < -0.4 is 11.1 Å². The van der Waals surface area contributed by atoms with Gasteiger partial charge in [0.1, 0.15) is 0 Å². The van der Waals surface area contributed by atoms with Gasteiger partial charge in [0.25, 0.3) is 0 Å². The molecular weight excluding hydrogens is 184 g/mol. The summed E-state index contributed by atoms with van der Waals surface area (Å²) < 4.78 is 0. The fourth-order valence-corrected chi connectivity index (χ4v) is 0.835. The van der Waals surface area contributed by atoms with Crippen molar-refractivity contribution >= 4 is 11.9 Å². The Kier molecular flexibility index (Phi) is 4.40. The molecule has 5 nitrogen and oxygen atoms in total. The number of rotatable bonds is 4. The van der Waals surface area contributed by atoms with Gasteiger partial charge in [-0.2, -0.15) is 0 Å². The predicted molar refractivity (Wildman–Crippen MR) is 51.2 cm³/mol. The molecule has 1 atom stereocenters. The topological polar surface area (TPSA) is 92.4 Å². The first-order valence-electron chi connectivity index (χ1n) is 3.86. The summed E-state index contributed by atoms with van der Waals surface area (Å²) in [7, 11) is 0. The summed E-state index contributed by atoms with van der Waals surface area (Å²) >= 11 is 0. The molecule has 0 aromatic carbocycles. The minimum atomic E-state index is -1.80. The van der Waals surface area contributed by atoms with Crippen molar-refractivity contribution in [3.8, 4) is 12.3 Å². The Morgan fingerprint density at radius 1 is 1.71 bits per heavy atom. The Labute approximate surface area is 82.0 Å². The SMILES string of the molecule is C#CC(C=CCN)(NC(C)=O)C(=O)O. The van der Waals surface area contributed by atoms with E-state index in [2.05, 4.69) is 5.32 Å². The summed E-state index contributed by atoms with van der Waals surface area (Å²) in [5, 5.41) is 11.0. The van der Waals surface area contributed by atoms with E-state index in [1.54, 1.807) is 0 Å². The maximum atomic E-state index is 10.8. The largest absolute Gasteiger partial charge is 0.479 e. The lowest BCUT2D eigenvalue weighted by atomic mass is 10.0. The molecule has 1 unspecified atom stereocenters. The molecule has 0 aliphatic carbocycles. The summed E-state index contributed by atoms with van der Waals surface area (Å²) in [6.45, 7) is 1.33. The van der Waals surface area contributed by atoms with Crippen LogP contribution in [0.1, 0.15) is 6.92 Å². The van der Waals surface area contributed by atoms with Crippen LogP contribution in [0.2, 0.25) is 0 Å². The van der Waals surface area contributed by atoms with Gasteiger partial charge in [0, 0.05) is 13.5 Å². The predicted octanol–water partition coefficient (Wildman–Crippen LogP) is -0.906. The molecule has 1 amide bonds. The van der Waals surface area contributed by atoms with E-state index in [9.17, 15) is 9.59 Å². The van der Waals surface area contributed by atoms with Crippen molar-refractivity contribution in [1.29, 1.82) is 0 Å². The molecule has 0 fully saturated rings. The van der Waals surface area contributed by atoms with Crippen molar-refractivity contribution in [3.05, 3.63) is 12.2 Å². The highest BCUT2D eigenvalue weighted by atomic mass is 16.4. The van der Waals surface area contributed by atoms with E-state index in [4.69, 9.17) is 17.3 Å². The average molecular weight is 196 g/mol. The summed E-state index contributed by atoms with van der Waals surface area (Å²) in [5.41, 5.74) is 3.36. The van der Waals surface area contributed by atoms with Gasteiger partial charge in [-0.3, -0.25) is 4.79 Å². The fraction of sp³-hybridized carbons (Fsp3) is 0.333. The lowest BCUT2D eigenvalue weighted by Gasteiger charge is -2.20. The number of hydrogen-bond donors (Lipinski definition) is 3. The lowest BCUT2D eigenvalue weighted by molar-refractivity contribution is -0.142. The average Bonchev–Trinajstić information content (AvgIpc) is 2.11. The summed E-state index contributed by atoms with van der Waals surface area (Å²) in [4.78, 5) is 21.6. The first-order valence-corrected chi connectivity index (χ1v) is 3.86. The number of carboxylic acids is 1. The van der Waals surface area contributed by atoms with Crippen molar-refractivity contribution in [2.45, 2.75) is 12.5 Å². The van der Waals surface area contributed by atoms with Crippen LogP contribution in [-0.4, -0.2) is 29.1 Å². The molecule has 0 saturated carbocycles. The van der Waals surface area contributed by atoms with Gasteiger partial charge in [0.05, 0.1) is 0 Å². The molecule has 4 N–H and O–H groups in total. The first-order chi connectivity index (χ1) is 6.48. The third-order valence-corrected chi connectivity index (χ3v) is 1.44. The number of nitrogens with two attached hydrogens (primary N) is 1. The van der Waals surface area contributed by atoms with Crippen LogP contribution in [0.4, 0.5) is 0 Å². The quantitative estimate of drug-likeness (QED) is 0.401. The summed E-state index contributed by atoms with van der Waals surface area (Å²) in [6.07, 6.45) is 7.62. The number of aliphatic carboxylic acids is 1. The normalized spacial score (nSPS) is 14.4. The molecule has 0 aromatic rings. The number of terminal acetylenes is 1. The van der Waals surface area contributed by atoms with Gasteiger partial charge in [0.2, 0.25) is 11.4 Å². The molecule has 0 aliphatic heterocycles. The molecule has 14 heavy (non-hydrogen) atoms. The summed E-state index contributed by atoms with van der Waals surface area (Å²) in [5.74, 6) is 0.167. The number of carbonyl (C=O) groups is 2. The van der Waals surface area contributed by atoms with Gasteiger partial charge in [-0.05, 0) is 6.08 Å². The zero-order chi connectivity index (χ0) is 11.2. The smallest absolute Gasteiger partial charge is 0.346 e. The molecule has 0 bridgehead atoms. The molecule has 0 radical (unpaired) electrons. The number of nitrogens with one attached hydrogen (secondary N) is 1. The maximum absolute atomic E-state index is 10.8. The van der Waals surface area contributed by atoms with Crippen LogP contribution in [-0.2, 0) is 9.59 Å². The van der Waals surface area contributed by atoms with E-state index in [1.165, 1.54) is 19.1 Å². The molecule has 0 aromatic heterocycles. The number of amides is 1. The number of hydrogen-bond acceptors (Lipinski definition) is 3.